The summed E-state index contributed by atoms with van der Waals surface area (Å²) >= 11 is 0. The summed E-state index contributed by atoms with van der Waals surface area (Å²) in [6, 6.07) is 8.47. The second kappa shape index (κ2) is 9.94. The molecule has 0 spiro atoms. The summed E-state index contributed by atoms with van der Waals surface area (Å²) in [5.74, 6) is -0.822. The van der Waals surface area contributed by atoms with Crippen molar-refractivity contribution in [2.75, 3.05) is 0 Å². The second-order valence-electron chi connectivity index (χ2n) is 7.62. The van der Waals surface area contributed by atoms with Crippen molar-refractivity contribution in [2.24, 2.45) is 5.92 Å². The Morgan fingerprint density at radius 2 is 1.69 bits per heavy atom. The third-order valence-corrected chi connectivity index (χ3v) is 3.34. The second-order valence-corrected chi connectivity index (χ2v) is 7.62. The summed E-state index contributed by atoms with van der Waals surface area (Å²) in [7, 11) is 0. The van der Waals surface area contributed by atoms with E-state index in [-0.39, 0.29) is 24.7 Å². The van der Waals surface area contributed by atoms with Gasteiger partial charge in [-0.3, -0.25) is 9.59 Å². The molecule has 1 rings (SSSR count). The highest BCUT2D eigenvalue weighted by Crippen LogP contribution is 2.12. The molecule has 0 heterocycles. The van der Waals surface area contributed by atoms with Crippen molar-refractivity contribution in [1.29, 1.82) is 0 Å². The van der Waals surface area contributed by atoms with Gasteiger partial charge in [0.1, 0.15) is 18.6 Å². The average Bonchev–Trinajstić information content (AvgIpc) is 2.51. The monoisotopic (exact) mass is 363 g/mol. The van der Waals surface area contributed by atoms with E-state index >= 15 is 0 Å². The quantitative estimate of drug-likeness (QED) is 0.563. The first-order valence-electron chi connectivity index (χ1n) is 8.78. The zero-order valence-corrected chi connectivity index (χ0v) is 16.2. The lowest BCUT2D eigenvalue weighted by molar-refractivity contribution is -0.156. The lowest BCUT2D eigenvalue weighted by Crippen LogP contribution is -2.43. The predicted molar refractivity (Wildman–Crippen MR) is 98.5 cm³/mol. The maximum atomic E-state index is 12.4. The van der Waals surface area contributed by atoms with E-state index in [1.165, 1.54) is 0 Å². The Hall–Kier alpha value is -2.37. The van der Waals surface area contributed by atoms with E-state index in [2.05, 4.69) is 5.32 Å². The number of rotatable bonds is 8. The molecule has 1 atom stereocenters. The maximum absolute atomic E-state index is 12.4. The fourth-order valence-electron chi connectivity index (χ4n) is 2.29. The molecule has 1 amide bonds. The van der Waals surface area contributed by atoms with Crippen molar-refractivity contribution in [3.05, 3.63) is 35.9 Å². The third kappa shape index (κ3) is 9.20. The Labute approximate surface area is 155 Å². The highest BCUT2D eigenvalue weighted by atomic mass is 16.6. The number of hydrogen-bond acceptors (Lipinski definition) is 5. The number of carbonyl (C=O) groups excluding carboxylic acids is 3. The van der Waals surface area contributed by atoms with Crippen LogP contribution < -0.4 is 5.32 Å². The number of alkyl carbamates (subject to hydrolysis) is 1. The summed E-state index contributed by atoms with van der Waals surface area (Å²) in [5.41, 5.74) is 0.190. The number of ether oxygens (including phenoxy) is 2. The number of esters is 1. The molecule has 6 heteroatoms. The number of nitrogens with one attached hydrogen (secondary N) is 1. The van der Waals surface area contributed by atoms with Crippen LogP contribution in [0, 0.1) is 5.92 Å². The molecule has 0 aliphatic carbocycles. The Morgan fingerprint density at radius 3 is 2.23 bits per heavy atom. The first kappa shape index (κ1) is 21.7. The van der Waals surface area contributed by atoms with E-state index in [0.717, 1.165) is 5.56 Å². The Morgan fingerprint density at radius 1 is 1.08 bits per heavy atom. The highest BCUT2D eigenvalue weighted by Gasteiger charge is 2.26. The molecule has 1 aromatic rings. The van der Waals surface area contributed by atoms with Crippen molar-refractivity contribution in [3.8, 4) is 0 Å². The molecule has 0 unspecified atom stereocenters. The first-order valence-corrected chi connectivity index (χ1v) is 8.78. The van der Waals surface area contributed by atoms with E-state index in [9.17, 15) is 14.4 Å². The fourth-order valence-corrected chi connectivity index (χ4v) is 2.29. The van der Waals surface area contributed by atoms with Crippen molar-refractivity contribution in [1.82, 2.24) is 5.32 Å². The molecule has 0 saturated carbocycles. The van der Waals surface area contributed by atoms with Crippen LogP contribution in [-0.2, 0) is 25.7 Å². The number of ketones is 1. The van der Waals surface area contributed by atoms with E-state index in [0.29, 0.717) is 6.42 Å². The molecule has 0 radical (unpaired) electrons. The Bertz CT molecular complexity index is 604. The van der Waals surface area contributed by atoms with Gasteiger partial charge >= 0.3 is 12.1 Å². The summed E-state index contributed by atoms with van der Waals surface area (Å²) in [6.45, 7) is 9.19. The van der Waals surface area contributed by atoms with Gasteiger partial charge in [0, 0.05) is 0 Å². The van der Waals surface area contributed by atoms with Gasteiger partial charge in [-0.1, -0.05) is 44.2 Å². The molecule has 1 aromatic carbocycles. The minimum absolute atomic E-state index is 0.112. The largest absolute Gasteiger partial charge is 0.460 e. The number of carbonyl (C=O) groups is 3. The first-order chi connectivity index (χ1) is 12.1. The van der Waals surface area contributed by atoms with Crippen LogP contribution >= 0.6 is 0 Å². The summed E-state index contributed by atoms with van der Waals surface area (Å²) in [5, 5.41) is 2.57. The van der Waals surface area contributed by atoms with Gasteiger partial charge in [-0.15, -0.1) is 0 Å². The lowest BCUT2D eigenvalue weighted by Gasteiger charge is -2.22. The van der Waals surface area contributed by atoms with E-state index in [1.54, 1.807) is 20.8 Å². The average molecular weight is 363 g/mol. The number of benzene rings is 1. The lowest BCUT2D eigenvalue weighted by atomic mass is 9.98. The summed E-state index contributed by atoms with van der Waals surface area (Å²) in [4.78, 5) is 36.3. The van der Waals surface area contributed by atoms with Crippen molar-refractivity contribution in [2.45, 2.75) is 65.7 Å². The van der Waals surface area contributed by atoms with Gasteiger partial charge in [-0.25, -0.2) is 4.79 Å². The number of Topliss-reactive ketones (excluding diaryl/α,β-unsaturated/α-hetero) is 1. The molecule has 144 valence electrons. The normalized spacial score (nSPS) is 12.4. The molecule has 0 saturated heterocycles. The van der Waals surface area contributed by atoms with E-state index in [4.69, 9.17) is 9.47 Å². The summed E-state index contributed by atoms with van der Waals surface area (Å²) in [6.07, 6.45) is -0.646. The topological polar surface area (TPSA) is 81.7 Å². The summed E-state index contributed by atoms with van der Waals surface area (Å²) < 4.78 is 10.3. The smallest absolute Gasteiger partial charge is 0.408 e. The van der Waals surface area contributed by atoms with Crippen molar-refractivity contribution >= 4 is 17.8 Å². The molecular weight excluding hydrogens is 334 g/mol. The van der Waals surface area contributed by atoms with Crippen LogP contribution in [0.25, 0.3) is 0 Å². The van der Waals surface area contributed by atoms with Gasteiger partial charge in [0.25, 0.3) is 0 Å². The van der Waals surface area contributed by atoms with Gasteiger partial charge in [0.05, 0.1) is 6.04 Å². The van der Waals surface area contributed by atoms with Gasteiger partial charge in [-0.05, 0) is 38.7 Å². The van der Waals surface area contributed by atoms with Crippen LogP contribution in [0.3, 0.4) is 0 Å². The zero-order valence-electron chi connectivity index (χ0n) is 16.2. The molecule has 0 aromatic heterocycles. The highest BCUT2D eigenvalue weighted by molar-refractivity contribution is 5.99. The fraction of sp³-hybridized carbons (Fsp3) is 0.550. The van der Waals surface area contributed by atoms with Gasteiger partial charge in [0.2, 0.25) is 0 Å². The molecule has 1 N–H and O–H groups in total. The van der Waals surface area contributed by atoms with Gasteiger partial charge in [-0.2, -0.15) is 0 Å². The standard InChI is InChI=1S/C20H29NO5/c1-14(2)11-16(17(22)12-18(23)26-20(3,4)5)21-19(24)25-13-15-9-7-6-8-10-15/h6-10,14,16H,11-13H2,1-5H3,(H,21,24)/t16-/m0/s1. The zero-order chi connectivity index (χ0) is 19.7. The molecule has 6 nitrogen and oxygen atoms in total. The molecule has 0 bridgehead atoms. The predicted octanol–water partition coefficient (Wildman–Crippen LogP) is 3.63. The van der Waals surface area contributed by atoms with Crippen molar-refractivity contribution in [3.63, 3.8) is 0 Å². The SMILES string of the molecule is CC(C)C[C@H](NC(=O)OCc1ccccc1)C(=O)CC(=O)OC(C)(C)C. The van der Waals surface area contributed by atoms with Gasteiger partial charge < -0.3 is 14.8 Å². The molecule has 0 aliphatic rings. The van der Waals surface area contributed by atoms with E-state index in [1.807, 2.05) is 44.2 Å². The minimum Gasteiger partial charge on any atom is -0.460 e. The third-order valence-electron chi connectivity index (χ3n) is 3.34. The maximum Gasteiger partial charge on any atom is 0.408 e. The van der Waals surface area contributed by atoms with Crippen LogP contribution in [0.15, 0.2) is 30.3 Å². The van der Waals surface area contributed by atoms with Crippen LogP contribution in [0.4, 0.5) is 4.79 Å². The van der Waals surface area contributed by atoms with E-state index < -0.39 is 23.7 Å². The molecular formula is C20H29NO5. The van der Waals surface area contributed by atoms with Crippen LogP contribution in [0.2, 0.25) is 0 Å². The Kier molecular flexibility index (Phi) is 8.29. The minimum atomic E-state index is -0.786. The van der Waals surface area contributed by atoms with Gasteiger partial charge in [0.15, 0.2) is 5.78 Å². The van der Waals surface area contributed by atoms with Crippen LogP contribution in [0.1, 0.15) is 53.0 Å². The molecule has 26 heavy (non-hydrogen) atoms. The molecule has 0 fully saturated rings. The van der Waals surface area contributed by atoms with Crippen LogP contribution in [-0.4, -0.2) is 29.5 Å². The van der Waals surface area contributed by atoms with Crippen molar-refractivity contribution < 1.29 is 23.9 Å². The molecule has 0 aliphatic heterocycles. The number of amides is 1. The number of hydrogen-bond donors (Lipinski definition) is 1. The van der Waals surface area contributed by atoms with Crippen LogP contribution in [0.5, 0.6) is 0 Å². The Balaban J connectivity index is 2.60.